The first-order chi connectivity index (χ1) is 8.99. The zero-order chi connectivity index (χ0) is 14.4. The summed E-state index contributed by atoms with van der Waals surface area (Å²) in [5.74, 6) is -0.0730. The van der Waals surface area contributed by atoms with Crippen LogP contribution in [-0.4, -0.2) is 36.6 Å². The van der Waals surface area contributed by atoms with E-state index in [-0.39, 0.29) is 17.2 Å². The van der Waals surface area contributed by atoms with Crippen molar-refractivity contribution in [1.82, 2.24) is 5.32 Å². The van der Waals surface area contributed by atoms with Crippen LogP contribution in [0.15, 0.2) is 18.2 Å². The summed E-state index contributed by atoms with van der Waals surface area (Å²) in [5.41, 5.74) is 0.874. The highest BCUT2D eigenvalue weighted by molar-refractivity contribution is 5.76. The molecular weight excluding hydrogens is 250 g/mol. The largest absolute Gasteiger partial charge is 0.391 e. The van der Waals surface area contributed by atoms with Gasteiger partial charge in [0.05, 0.1) is 17.1 Å². The molecule has 19 heavy (non-hydrogen) atoms. The average molecular weight is 267 g/mol. The lowest BCUT2D eigenvalue weighted by Crippen LogP contribution is -2.26. The van der Waals surface area contributed by atoms with Gasteiger partial charge in [0.2, 0.25) is 5.91 Å². The number of hydrogen-bond acceptors (Lipinski definition) is 5. The number of aliphatic hydroxyl groups excluding tert-OH is 1. The van der Waals surface area contributed by atoms with Gasteiger partial charge in [0, 0.05) is 38.8 Å². The molecule has 0 saturated carbocycles. The van der Waals surface area contributed by atoms with Gasteiger partial charge >= 0.3 is 0 Å². The quantitative estimate of drug-likeness (QED) is 0.583. The molecule has 0 unspecified atom stereocenters. The van der Waals surface area contributed by atoms with Crippen molar-refractivity contribution in [2.75, 3.05) is 25.5 Å². The molecule has 1 aromatic carbocycles. The first-order valence-electron chi connectivity index (χ1n) is 5.79. The van der Waals surface area contributed by atoms with E-state index in [0.717, 1.165) is 5.69 Å². The summed E-state index contributed by atoms with van der Waals surface area (Å²) in [4.78, 5) is 23.2. The zero-order valence-electron chi connectivity index (χ0n) is 10.9. The SMILES string of the molecule is CNC(=O)CCN(C)c1ccc([N+](=O)[O-])c(CO)c1. The maximum absolute atomic E-state index is 11.1. The Balaban J connectivity index is 2.84. The van der Waals surface area contributed by atoms with Gasteiger partial charge in [-0.05, 0) is 12.1 Å². The molecule has 1 rings (SSSR count). The van der Waals surface area contributed by atoms with Crippen molar-refractivity contribution in [3.63, 3.8) is 0 Å². The van der Waals surface area contributed by atoms with E-state index in [2.05, 4.69) is 5.32 Å². The number of aliphatic hydroxyl groups is 1. The van der Waals surface area contributed by atoms with E-state index in [0.29, 0.717) is 13.0 Å². The van der Waals surface area contributed by atoms with Crippen molar-refractivity contribution in [2.45, 2.75) is 13.0 Å². The topological polar surface area (TPSA) is 95.7 Å². The molecule has 1 aromatic rings. The van der Waals surface area contributed by atoms with Crippen LogP contribution in [0.2, 0.25) is 0 Å². The Morgan fingerprint density at radius 1 is 1.53 bits per heavy atom. The third-order valence-corrected chi connectivity index (χ3v) is 2.82. The second kappa shape index (κ2) is 6.69. The number of nitrogens with one attached hydrogen (secondary N) is 1. The Morgan fingerprint density at radius 3 is 2.74 bits per heavy atom. The summed E-state index contributed by atoms with van der Waals surface area (Å²) in [6.45, 7) is 0.0930. The van der Waals surface area contributed by atoms with Gasteiger partial charge in [-0.15, -0.1) is 0 Å². The monoisotopic (exact) mass is 267 g/mol. The molecule has 1 amide bonds. The van der Waals surface area contributed by atoms with E-state index in [1.165, 1.54) is 6.07 Å². The van der Waals surface area contributed by atoms with Gasteiger partial charge in [-0.2, -0.15) is 0 Å². The fourth-order valence-corrected chi connectivity index (χ4v) is 1.64. The molecule has 0 radical (unpaired) electrons. The summed E-state index contributed by atoms with van der Waals surface area (Å²) in [6, 6.07) is 4.51. The molecular formula is C12H17N3O4. The molecule has 0 atom stereocenters. The Morgan fingerprint density at radius 2 is 2.21 bits per heavy atom. The number of hydrogen-bond donors (Lipinski definition) is 2. The Labute approximate surface area is 111 Å². The molecule has 7 nitrogen and oxygen atoms in total. The minimum absolute atomic E-state index is 0.0730. The van der Waals surface area contributed by atoms with Crippen molar-refractivity contribution < 1.29 is 14.8 Å². The van der Waals surface area contributed by atoms with Crippen molar-refractivity contribution in [3.8, 4) is 0 Å². The third-order valence-electron chi connectivity index (χ3n) is 2.82. The van der Waals surface area contributed by atoms with E-state index in [9.17, 15) is 14.9 Å². The van der Waals surface area contributed by atoms with Crippen LogP contribution in [0.3, 0.4) is 0 Å². The molecule has 0 spiro atoms. The van der Waals surface area contributed by atoms with E-state index in [1.54, 1.807) is 31.1 Å². The lowest BCUT2D eigenvalue weighted by molar-refractivity contribution is -0.385. The third kappa shape index (κ3) is 3.92. The van der Waals surface area contributed by atoms with Gasteiger partial charge in [0.25, 0.3) is 5.69 Å². The smallest absolute Gasteiger partial charge is 0.275 e. The van der Waals surface area contributed by atoms with Crippen LogP contribution >= 0.6 is 0 Å². The van der Waals surface area contributed by atoms with Crippen LogP contribution < -0.4 is 10.2 Å². The van der Waals surface area contributed by atoms with Crippen LogP contribution in [-0.2, 0) is 11.4 Å². The summed E-state index contributed by atoms with van der Waals surface area (Å²) in [6.07, 6.45) is 0.332. The summed E-state index contributed by atoms with van der Waals surface area (Å²) < 4.78 is 0. The first-order valence-corrected chi connectivity index (χ1v) is 5.79. The standard InChI is InChI=1S/C12H17N3O4/c1-13-12(17)5-6-14(2)10-3-4-11(15(18)19)9(7-10)8-16/h3-4,7,16H,5-6,8H2,1-2H3,(H,13,17). The number of carbonyl (C=O) groups is 1. The molecule has 0 aromatic heterocycles. The summed E-state index contributed by atoms with van der Waals surface area (Å²) in [5, 5.41) is 22.4. The molecule has 2 N–H and O–H groups in total. The molecule has 7 heteroatoms. The average Bonchev–Trinajstić information content (AvgIpc) is 2.43. The number of rotatable bonds is 6. The van der Waals surface area contributed by atoms with E-state index < -0.39 is 11.5 Å². The van der Waals surface area contributed by atoms with Crippen LogP contribution in [0, 0.1) is 10.1 Å². The second-order valence-electron chi connectivity index (χ2n) is 4.07. The number of nitrogens with zero attached hydrogens (tertiary/aromatic N) is 2. The van der Waals surface area contributed by atoms with Crippen molar-refractivity contribution in [2.24, 2.45) is 0 Å². The normalized spacial score (nSPS) is 10.1. The molecule has 0 aliphatic rings. The Hall–Kier alpha value is -2.15. The minimum Gasteiger partial charge on any atom is -0.391 e. The number of nitro groups is 1. The highest BCUT2D eigenvalue weighted by Crippen LogP contribution is 2.24. The van der Waals surface area contributed by atoms with Gasteiger partial charge in [-0.25, -0.2) is 0 Å². The van der Waals surface area contributed by atoms with Crippen LogP contribution in [0.25, 0.3) is 0 Å². The van der Waals surface area contributed by atoms with Crippen molar-refractivity contribution in [3.05, 3.63) is 33.9 Å². The maximum atomic E-state index is 11.1. The van der Waals surface area contributed by atoms with Gasteiger partial charge < -0.3 is 15.3 Å². The molecule has 0 saturated heterocycles. The van der Waals surface area contributed by atoms with Gasteiger partial charge in [-0.3, -0.25) is 14.9 Å². The van der Waals surface area contributed by atoms with Gasteiger partial charge in [0.15, 0.2) is 0 Å². The molecule has 0 bridgehead atoms. The van der Waals surface area contributed by atoms with Crippen molar-refractivity contribution >= 4 is 17.3 Å². The zero-order valence-corrected chi connectivity index (χ0v) is 10.9. The maximum Gasteiger partial charge on any atom is 0.275 e. The van der Waals surface area contributed by atoms with Gasteiger partial charge in [-0.1, -0.05) is 0 Å². The number of carbonyl (C=O) groups excluding carboxylic acids is 1. The van der Waals surface area contributed by atoms with Crippen LogP contribution in [0.1, 0.15) is 12.0 Å². The van der Waals surface area contributed by atoms with Crippen LogP contribution in [0.5, 0.6) is 0 Å². The fraction of sp³-hybridized carbons (Fsp3) is 0.417. The summed E-state index contributed by atoms with van der Waals surface area (Å²) >= 11 is 0. The lowest BCUT2D eigenvalue weighted by atomic mass is 10.1. The van der Waals surface area contributed by atoms with Gasteiger partial charge in [0.1, 0.15) is 0 Å². The molecule has 0 aliphatic carbocycles. The number of nitro benzene ring substituents is 1. The Kier molecular flexibility index (Phi) is 5.25. The number of anilines is 1. The first kappa shape index (κ1) is 14.9. The predicted molar refractivity (Wildman–Crippen MR) is 71.0 cm³/mol. The summed E-state index contributed by atoms with van der Waals surface area (Å²) in [7, 11) is 3.35. The number of amides is 1. The van der Waals surface area contributed by atoms with E-state index in [4.69, 9.17) is 5.11 Å². The number of benzene rings is 1. The second-order valence-corrected chi connectivity index (χ2v) is 4.07. The van der Waals surface area contributed by atoms with Crippen LogP contribution in [0.4, 0.5) is 11.4 Å². The minimum atomic E-state index is -0.528. The lowest BCUT2D eigenvalue weighted by Gasteiger charge is -2.19. The fourth-order valence-electron chi connectivity index (χ4n) is 1.64. The van der Waals surface area contributed by atoms with Crippen molar-refractivity contribution in [1.29, 1.82) is 0 Å². The highest BCUT2D eigenvalue weighted by atomic mass is 16.6. The molecule has 0 heterocycles. The van der Waals surface area contributed by atoms with E-state index >= 15 is 0 Å². The molecule has 104 valence electrons. The molecule has 0 aliphatic heterocycles. The Bertz CT molecular complexity index is 476. The molecule has 0 fully saturated rings. The van der Waals surface area contributed by atoms with E-state index in [1.807, 2.05) is 0 Å². The highest BCUT2D eigenvalue weighted by Gasteiger charge is 2.14. The predicted octanol–water partition coefficient (Wildman–Crippen LogP) is 0.659.